The first-order valence-corrected chi connectivity index (χ1v) is 7.62. The van der Waals surface area contributed by atoms with Gasteiger partial charge in [0.25, 0.3) is 0 Å². The molecular weight excluding hydrogens is 280 g/mol. The average Bonchev–Trinajstić information content (AvgIpc) is 2.35. The van der Waals surface area contributed by atoms with Crippen LogP contribution in [0.3, 0.4) is 0 Å². The predicted octanol–water partition coefficient (Wildman–Crippen LogP) is 4.15. The molecule has 0 spiro atoms. The second-order valence-corrected chi connectivity index (χ2v) is 5.17. The summed E-state index contributed by atoms with van der Waals surface area (Å²) in [7, 11) is 0. The Balaban J connectivity index is 3.24. The summed E-state index contributed by atoms with van der Waals surface area (Å²) in [6.07, 6.45) is 10.2. The van der Waals surface area contributed by atoms with Gasteiger partial charge in [-0.3, -0.25) is 4.79 Å². The van der Waals surface area contributed by atoms with Gasteiger partial charge >= 0.3 is 5.71 Å². The van der Waals surface area contributed by atoms with E-state index in [0.717, 1.165) is 18.2 Å². The van der Waals surface area contributed by atoms with Gasteiger partial charge < -0.3 is 5.53 Å². The van der Waals surface area contributed by atoms with E-state index in [0.29, 0.717) is 6.42 Å². The number of carbonyl (C=O) groups excluding carboxylic acids is 1. The molecule has 0 radical (unpaired) electrons. The van der Waals surface area contributed by atoms with Crippen LogP contribution in [0.4, 0.5) is 0 Å². The van der Waals surface area contributed by atoms with E-state index in [2.05, 4.69) is 20.7 Å². The van der Waals surface area contributed by atoms with Crippen LogP contribution in [-0.4, -0.2) is 21.6 Å². The van der Waals surface area contributed by atoms with Crippen LogP contribution in [0.2, 0.25) is 0 Å². The second kappa shape index (κ2) is 12.0. The molecule has 3 nitrogen and oxygen atoms in total. The number of ketones is 1. The molecule has 0 heterocycles. The summed E-state index contributed by atoms with van der Waals surface area (Å²) < 4.78 is 0. The smallest absolute Gasteiger partial charge is 0.331 e. The molecule has 0 aliphatic heterocycles. The van der Waals surface area contributed by atoms with E-state index in [1.807, 2.05) is 0 Å². The van der Waals surface area contributed by atoms with Crippen LogP contribution in [0.5, 0.6) is 0 Å². The third-order valence-electron chi connectivity index (χ3n) is 2.84. The van der Waals surface area contributed by atoms with Gasteiger partial charge in [-0.1, -0.05) is 54.5 Å². The predicted molar refractivity (Wildman–Crippen MR) is 74.7 cm³/mol. The second-order valence-electron chi connectivity index (χ2n) is 4.38. The molecule has 0 amide bonds. The monoisotopic (exact) mass is 302 g/mol. The number of hydrogen-bond donors (Lipinski definition) is 0. The lowest BCUT2D eigenvalue weighted by Gasteiger charge is -2.00. The first-order chi connectivity index (χ1) is 8.22. The first-order valence-electron chi connectivity index (χ1n) is 6.50. The molecule has 17 heavy (non-hydrogen) atoms. The van der Waals surface area contributed by atoms with Gasteiger partial charge in [0, 0.05) is 18.7 Å². The minimum absolute atomic E-state index is 0.0372. The van der Waals surface area contributed by atoms with Crippen LogP contribution >= 0.6 is 15.9 Å². The van der Waals surface area contributed by atoms with Crippen molar-refractivity contribution in [1.29, 1.82) is 0 Å². The van der Waals surface area contributed by atoms with Gasteiger partial charge in [-0.15, -0.1) is 0 Å². The standard InChI is InChI=1S/C13H23BrN2O/c1-12(16-15)13(17)10-8-6-4-2-3-5-7-9-11-14/h2-11H2,1H3. The lowest BCUT2D eigenvalue weighted by atomic mass is 10.1. The fourth-order valence-electron chi connectivity index (χ4n) is 1.68. The number of rotatable bonds is 11. The molecule has 0 aromatic heterocycles. The summed E-state index contributed by atoms with van der Waals surface area (Å²) in [6, 6.07) is 0. The molecule has 0 saturated heterocycles. The van der Waals surface area contributed by atoms with E-state index < -0.39 is 0 Å². The Hall–Kier alpha value is -0.470. The molecule has 0 aliphatic rings. The quantitative estimate of drug-likeness (QED) is 0.186. The van der Waals surface area contributed by atoms with Gasteiger partial charge in [-0.25, -0.2) is 0 Å². The summed E-state index contributed by atoms with van der Waals surface area (Å²) >= 11 is 3.42. The summed E-state index contributed by atoms with van der Waals surface area (Å²) in [5.41, 5.74) is 8.63. The maximum absolute atomic E-state index is 11.3. The topological polar surface area (TPSA) is 53.5 Å². The fourth-order valence-corrected chi connectivity index (χ4v) is 2.07. The number of alkyl halides is 1. The van der Waals surface area contributed by atoms with Crippen LogP contribution in [0.1, 0.15) is 64.7 Å². The minimum Gasteiger partial charge on any atom is -0.361 e. The average molecular weight is 303 g/mol. The first kappa shape index (κ1) is 16.5. The van der Waals surface area contributed by atoms with Crippen LogP contribution in [0, 0.1) is 0 Å². The summed E-state index contributed by atoms with van der Waals surface area (Å²) in [6.45, 7) is 1.55. The summed E-state index contributed by atoms with van der Waals surface area (Å²) in [4.78, 5) is 14.2. The molecule has 0 bridgehead atoms. The number of carbonyl (C=O) groups is 1. The van der Waals surface area contributed by atoms with E-state index in [9.17, 15) is 4.79 Å². The van der Waals surface area contributed by atoms with E-state index >= 15 is 0 Å². The Morgan fingerprint density at radius 1 is 1.00 bits per heavy atom. The van der Waals surface area contributed by atoms with Crippen molar-refractivity contribution in [2.24, 2.45) is 0 Å². The zero-order valence-electron chi connectivity index (χ0n) is 10.8. The van der Waals surface area contributed by atoms with Crippen molar-refractivity contribution in [3.05, 3.63) is 5.53 Å². The molecule has 0 atom stereocenters. The number of unbranched alkanes of at least 4 members (excludes halogenated alkanes) is 7. The molecule has 4 heteroatoms. The number of halogens is 1. The molecule has 98 valence electrons. The Morgan fingerprint density at radius 2 is 1.47 bits per heavy atom. The third kappa shape index (κ3) is 10.4. The Bertz CT molecular complexity index is 260. The molecule has 0 fully saturated rings. The molecule has 0 N–H and O–H groups in total. The van der Waals surface area contributed by atoms with Gasteiger partial charge in [0.05, 0.1) is 0 Å². The van der Waals surface area contributed by atoms with Crippen LogP contribution < -0.4 is 0 Å². The summed E-state index contributed by atoms with van der Waals surface area (Å²) in [5, 5.41) is 1.11. The fraction of sp³-hybridized carbons (Fsp3) is 0.846. The number of hydrogen-bond acceptors (Lipinski definition) is 1. The zero-order valence-corrected chi connectivity index (χ0v) is 12.3. The normalized spacial score (nSPS) is 10.0. The highest BCUT2D eigenvalue weighted by Gasteiger charge is 2.11. The lowest BCUT2D eigenvalue weighted by molar-refractivity contribution is -0.117. The van der Waals surface area contributed by atoms with E-state index in [1.54, 1.807) is 6.92 Å². The zero-order chi connectivity index (χ0) is 12.9. The van der Waals surface area contributed by atoms with Crippen LogP contribution in [0.15, 0.2) is 0 Å². The van der Waals surface area contributed by atoms with Gasteiger partial charge in [-0.05, 0) is 12.8 Å². The van der Waals surface area contributed by atoms with Gasteiger partial charge in [0.15, 0.2) is 0 Å². The van der Waals surface area contributed by atoms with Gasteiger partial charge in [0.2, 0.25) is 5.78 Å². The Morgan fingerprint density at radius 3 is 1.94 bits per heavy atom. The molecule has 0 saturated carbocycles. The highest BCUT2D eigenvalue weighted by molar-refractivity contribution is 9.09. The third-order valence-corrected chi connectivity index (χ3v) is 3.40. The largest absolute Gasteiger partial charge is 0.361 e. The maximum Gasteiger partial charge on any atom is 0.331 e. The Labute approximate surface area is 113 Å². The Kier molecular flexibility index (Phi) is 11.7. The van der Waals surface area contributed by atoms with Crippen molar-refractivity contribution < 1.29 is 9.58 Å². The molecule has 0 aromatic rings. The maximum atomic E-state index is 11.3. The number of Topliss-reactive ketones (excluding diaryl/α,β-unsaturated/α-hetero) is 1. The van der Waals surface area contributed by atoms with Crippen molar-refractivity contribution in [3.8, 4) is 0 Å². The van der Waals surface area contributed by atoms with Crippen molar-refractivity contribution in [1.82, 2.24) is 0 Å². The highest BCUT2D eigenvalue weighted by atomic mass is 79.9. The van der Waals surface area contributed by atoms with Crippen molar-refractivity contribution in [2.75, 3.05) is 5.33 Å². The minimum atomic E-state index is -0.0372. The van der Waals surface area contributed by atoms with E-state index in [1.165, 1.54) is 38.5 Å². The van der Waals surface area contributed by atoms with Crippen LogP contribution in [0.25, 0.3) is 5.53 Å². The highest BCUT2D eigenvalue weighted by Crippen LogP contribution is 2.10. The van der Waals surface area contributed by atoms with Gasteiger partial charge in [0.1, 0.15) is 0 Å². The molecule has 0 aromatic carbocycles. The summed E-state index contributed by atoms with van der Waals surface area (Å²) in [5.74, 6) is -0.0372. The van der Waals surface area contributed by atoms with Crippen molar-refractivity contribution >= 4 is 27.4 Å². The molecule has 0 aliphatic carbocycles. The van der Waals surface area contributed by atoms with E-state index in [-0.39, 0.29) is 11.5 Å². The molecular formula is C13H23BrN2O. The van der Waals surface area contributed by atoms with E-state index in [4.69, 9.17) is 5.53 Å². The van der Waals surface area contributed by atoms with Crippen molar-refractivity contribution in [2.45, 2.75) is 64.7 Å². The van der Waals surface area contributed by atoms with Gasteiger partial charge in [-0.2, -0.15) is 4.79 Å². The molecule has 0 rings (SSSR count). The molecule has 0 unspecified atom stereocenters. The van der Waals surface area contributed by atoms with Crippen LogP contribution in [-0.2, 0) is 4.79 Å². The van der Waals surface area contributed by atoms with Crippen molar-refractivity contribution in [3.63, 3.8) is 0 Å². The SMILES string of the molecule is CC(=[N+]=[N-])C(=O)CCCCCCCCCCBr. The lowest BCUT2D eigenvalue weighted by Crippen LogP contribution is -2.10. The number of nitrogens with zero attached hydrogens (tertiary/aromatic N) is 2.